The Hall–Kier alpha value is -1.79. The molecule has 3 rings (SSSR count). The van der Waals surface area contributed by atoms with E-state index in [1.165, 1.54) is 5.56 Å². The summed E-state index contributed by atoms with van der Waals surface area (Å²) in [7, 11) is 0. The summed E-state index contributed by atoms with van der Waals surface area (Å²) in [6, 6.07) is 8.56. The third kappa shape index (κ3) is 3.28. The molecular weight excluding hydrogens is 266 g/mol. The van der Waals surface area contributed by atoms with Gasteiger partial charge in [0.15, 0.2) is 0 Å². The van der Waals surface area contributed by atoms with Gasteiger partial charge in [-0.15, -0.1) is 5.10 Å². The zero-order chi connectivity index (χ0) is 14.7. The van der Waals surface area contributed by atoms with Gasteiger partial charge in [0.2, 0.25) is 0 Å². The first kappa shape index (κ1) is 14.2. The molecule has 112 valence electrons. The number of benzene rings is 1. The van der Waals surface area contributed by atoms with Crippen LogP contribution in [0.4, 0.5) is 0 Å². The van der Waals surface area contributed by atoms with Crippen LogP contribution in [0, 0.1) is 5.92 Å². The highest BCUT2D eigenvalue weighted by Gasteiger charge is 2.24. The van der Waals surface area contributed by atoms with Crippen molar-refractivity contribution in [3.05, 3.63) is 36.2 Å². The van der Waals surface area contributed by atoms with Crippen molar-refractivity contribution in [2.75, 3.05) is 13.2 Å². The molecule has 1 aromatic heterocycles. The summed E-state index contributed by atoms with van der Waals surface area (Å²) in [6.45, 7) is 6.20. The molecule has 1 aliphatic heterocycles. The SMILES string of the molecule is CC(NCC1CCOC1C)c1cccc(-n2cnnn2)c1. The molecule has 0 radical (unpaired) electrons. The maximum atomic E-state index is 5.61. The van der Waals surface area contributed by atoms with Crippen LogP contribution in [0.1, 0.15) is 31.9 Å². The van der Waals surface area contributed by atoms with Gasteiger partial charge in [-0.05, 0) is 54.3 Å². The monoisotopic (exact) mass is 287 g/mol. The maximum absolute atomic E-state index is 5.61. The van der Waals surface area contributed by atoms with Gasteiger partial charge >= 0.3 is 0 Å². The van der Waals surface area contributed by atoms with E-state index in [1.54, 1.807) is 11.0 Å². The Kier molecular flexibility index (Phi) is 4.26. The molecule has 3 atom stereocenters. The number of hydrogen-bond donors (Lipinski definition) is 1. The van der Waals surface area contributed by atoms with Crippen molar-refractivity contribution in [3.63, 3.8) is 0 Å². The summed E-state index contributed by atoms with van der Waals surface area (Å²) in [5, 5.41) is 14.9. The molecule has 1 fully saturated rings. The van der Waals surface area contributed by atoms with Gasteiger partial charge < -0.3 is 10.1 Å². The van der Waals surface area contributed by atoms with E-state index in [0.717, 1.165) is 25.3 Å². The van der Waals surface area contributed by atoms with Gasteiger partial charge in [0.1, 0.15) is 6.33 Å². The van der Waals surface area contributed by atoms with Gasteiger partial charge in [0.25, 0.3) is 0 Å². The quantitative estimate of drug-likeness (QED) is 0.907. The lowest BCUT2D eigenvalue weighted by Gasteiger charge is -2.20. The number of nitrogens with zero attached hydrogens (tertiary/aromatic N) is 4. The Morgan fingerprint density at radius 1 is 1.48 bits per heavy atom. The fourth-order valence-electron chi connectivity index (χ4n) is 2.71. The summed E-state index contributed by atoms with van der Waals surface area (Å²) >= 11 is 0. The third-order valence-corrected chi connectivity index (χ3v) is 4.20. The molecule has 0 spiro atoms. The molecular formula is C15H21N5O. The van der Waals surface area contributed by atoms with Gasteiger partial charge in [0.05, 0.1) is 11.8 Å². The standard InChI is InChI=1S/C15H21N5O/c1-11(16-9-14-6-7-21-12(14)2)13-4-3-5-15(8-13)20-10-17-18-19-20/h3-5,8,10-12,14,16H,6-7,9H2,1-2H3. The van der Waals surface area contributed by atoms with Crippen LogP contribution in [0.15, 0.2) is 30.6 Å². The predicted octanol–water partition coefficient (Wildman–Crippen LogP) is 1.74. The van der Waals surface area contributed by atoms with E-state index in [0.29, 0.717) is 12.0 Å². The summed E-state index contributed by atoms with van der Waals surface area (Å²) < 4.78 is 7.28. The van der Waals surface area contributed by atoms with Gasteiger partial charge in [-0.3, -0.25) is 0 Å². The molecule has 0 aliphatic carbocycles. The second-order valence-corrected chi connectivity index (χ2v) is 5.60. The van der Waals surface area contributed by atoms with E-state index in [1.807, 2.05) is 12.1 Å². The molecule has 3 unspecified atom stereocenters. The summed E-state index contributed by atoms with van der Waals surface area (Å²) in [5.41, 5.74) is 2.21. The molecule has 2 heterocycles. The molecule has 0 amide bonds. The molecule has 1 aliphatic rings. The van der Waals surface area contributed by atoms with E-state index in [4.69, 9.17) is 4.74 Å². The smallest absolute Gasteiger partial charge is 0.143 e. The van der Waals surface area contributed by atoms with Crippen molar-refractivity contribution < 1.29 is 4.74 Å². The van der Waals surface area contributed by atoms with Gasteiger partial charge in [-0.25, -0.2) is 4.68 Å². The summed E-state index contributed by atoms with van der Waals surface area (Å²) in [5.74, 6) is 0.607. The van der Waals surface area contributed by atoms with E-state index in [2.05, 4.69) is 46.8 Å². The summed E-state index contributed by atoms with van der Waals surface area (Å²) in [4.78, 5) is 0. The van der Waals surface area contributed by atoms with Crippen LogP contribution in [-0.2, 0) is 4.74 Å². The number of ether oxygens (including phenoxy) is 1. The predicted molar refractivity (Wildman–Crippen MR) is 79.1 cm³/mol. The molecule has 1 saturated heterocycles. The minimum absolute atomic E-state index is 0.286. The van der Waals surface area contributed by atoms with Crippen molar-refractivity contribution >= 4 is 0 Å². The third-order valence-electron chi connectivity index (χ3n) is 4.20. The van der Waals surface area contributed by atoms with Crippen molar-refractivity contribution in [2.45, 2.75) is 32.4 Å². The molecule has 21 heavy (non-hydrogen) atoms. The van der Waals surface area contributed by atoms with Gasteiger partial charge in [-0.2, -0.15) is 0 Å². The van der Waals surface area contributed by atoms with Crippen LogP contribution in [0.3, 0.4) is 0 Å². The molecule has 1 aromatic carbocycles. The lowest BCUT2D eigenvalue weighted by atomic mass is 10.0. The minimum Gasteiger partial charge on any atom is -0.378 e. The van der Waals surface area contributed by atoms with E-state index in [-0.39, 0.29) is 6.04 Å². The van der Waals surface area contributed by atoms with Crippen LogP contribution in [0.5, 0.6) is 0 Å². The van der Waals surface area contributed by atoms with Crippen molar-refractivity contribution in [3.8, 4) is 5.69 Å². The Bertz CT molecular complexity index is 571. The van der Waals surface area contributed by atoms with Gasteiger partial charge in [-0.1, -0.05) is 12.1 Å². The van der Waals surface area contributed by atoms with Crippen LogP contribution in [0.25, 0.3) is 5.69 Å². The van der Waals surface area contributed by atoms with Crippen LogP contribution < -0.4 is 5.32 Å². The van der Waals surface area contributed by atoms with Crippen LogP contribution in [0.2, 0.25) is 0 Å². The minimum atomic E-state index is 0.286. The average Bonchev–Trinajstić information content (AvgIpc) is 3.16. The molecule has 6 heteroatoms. The number of nitrogens with one attached hydrogen (secondary N) is 1. The Morgan fingerprint density at radius 3 is 3.10 bits per heavy atom. The fraction of sp³-hybridized carbons (Fsp3) is 0.533. The lowest BCUT2D eigenvalue weighted by molar-refractivity contribution is 0.105. The molecule has 2 aromatic rings. The number of hydrogen-bond acceptors (Lipinski definition) is 5. The number of rotatable bonds is 5. The van der Waals surface area contributed by atoms with E-state index in [9.17, 15) is 0 Å². The second kappa shape index (κ2) is 6.32. The normalized spacial score (nSPS) is 23.3. The second-order valence-electron chi connectivity index (χ2n) is 5.60. The topological polar surface area (TPSA) is 64.9 Å². The Labute approximate surface area is 124 Å². The highest BCUT2D eigenvalue weighted by molar-refractivity contribution is 5.35. The van der Waals surface area contributed by atoms with E-state index < -0.39 is 0 Å². The van der Waals surface area contributed by atoms with Gasteiger partial charge in [0, 0.05) is 19.2 Å². The zero-order valence-corrected chi connectivity index (χ0v) is 12.4. The first-order valence-electron chi connectivity index (χ1n) is 7.42. The number of aromatic nitrogens is 4. The molecule has 1 N–H and O–H groups in total. The van der Waals surface area contributed by atoms with Crippen LogP contribution in [-0.4, -0.2) is 39.5 Å². The molecule has 6 nitrogen and oxygen atoms in total. The van der Waals surface area contributed by atoms with Crippen molar-refractivity contribution in [2.24, 2.45) is 5.92 Å². The average molecular weight is 287 g/mol. The maximum Gasteiger partial charge on any atom is 0.143 e. The first-order chi connectivity index (χ1) is 10.2. The first-order valence-corrected chi connectivity index (χ1v) is 7.42. The zero-order valence-electron chi connectivity index (χ0n) is 12.4. The highest BCUT2D eigenvalue weighted by Crippen LogP contribution is 2.21. The highest BCUT2D eigenvalue weighted by atomic mass is 16.5. The summed E-state index contributed by atoms with van der Waals surface area (Å²) in [6.07, 6.45) is 3.11. The van der Waals surface area contributed by atoms with Crippen LogP contribution >= 0.6 is 0 Å². The Balaban J connectivity index is 1.64. The Morgan fingerprint density at radius 2 is 2.38 bits per heavy atom. The number of tetrazole rings is 1. The molecule has 0 bridgehead atoms. The van der Waals surface area contributed by atoms with E-state index >= 15 is 0 Å². The van der Waals surface area contributed by atoms with Crippen molar-refractivity contribution in [1.82, 2.24) is 25.5 Å². The van der Waals surface area contributed by atoms with Crippen molar-refractivity contribution in [1.29, 1.82) is 0 Å². The fourth-order valence-corrected chi connectivity index (χ4v) is 2.71. The lowest BCUT2D eigenvalue weighted by Crippen LogP contribution is -2.29. The largest absolute Gasteiger partial charge is 0.378 e. The molecule has 0 saturated carbocycles.